The van der Waals surface area contributed by atoms with Gasteiger partial charge in [0.15, 0.2) is 0 Å². The molecule has 0 aromatic heterocycles. The second-order valence-corrected chi connectivity index (χ2v) is 8.71. The number of aromatic carboxylic acids is 4. The third kappa shape index (κ3) is 6.29. The first kappa shape index (κ1) is 28.7. The van der Waals surface area contributed by atoms with E-state index in [1.807, 2.05) is 0 Å². The predicted octanol–water partition coefficient (Wildman–Crippen LogP) is 5.42. The van der Waals surface area contributed by atoms with Crippen LogP contribution >= 0.6 is 0 Å². The summed E-state index contributed by atoms with van der Waals surface area (Å²) in [5.74, 6) is -6.38. The number of aliphatic hydroxyl groups is 2. The highest BCUT2D eigenvalue weighted by Gasteiger charge is 2.19. The minimum Gasteiger partial charge on any atom is -0.493 e. The summed E-state index contributed by atoms with van der Waals surface area (Å²) in [4.78, 5) is 53.9. The number of nitrogens with zero attached hydrogens (tertiary/aromatic N) is 2. The van der Waals surface area contributed by atoms with Crippen LogP contribution in [0.4, 0.5) is 11.4 Å². The average molecular weight is 568 g/mol. The molecular formula is C30H20N2O10. The number of rotatable bonds is 9. The van der Waals surface area contributed by atoms with Crippen molar-refractivity contribution in [1.82, 2.24) is 0 Å². The molecule has 0 atom stereocenters. The molecular weight excluding hydrogens is 548 g/mol. The zero-order valence-electron chi connectivity index (χ0n) is 21.3. The van der Waals surface area contributed by atoms with E-state index in [0.717, 1.165) is 0 Å². The zero-order chi connectivity index (χ0) is 30.6. The standard InChI is InChI=1S/C30H20N2O10/c33-25(31-19-7-1-15(2-8-19)27(35)36)23-13-17(5-11-21(23)29(39)40)18-6-12-22(30(41)42)24(14-18)26(34)32-20-9-3-16(4-10-20)28(37)38/h1-14H,(H,31,33)(H,32,34)(H,35,36)(H,37,38)(H,39,40)(H,41,42). The summed E-state index contributed by atoms with van der Waals surface area (Å²) in [6.07, 6.45) is 0. The van der Waals surface area contributed by atoms with E-state index < -0.39 is 35.7 Å². The van der Waals surface area contributed by atoms with Crippen LogP contribution in [0.5, 0.6) is 0 Å². The first-order chi connectivity index (χ1) is 19.9. The van der Waals surface area contributed by atoms with Crippen LogP contribution in [0.25, 0.3) is 11.1 Å². The Balaban J connectivity index is 1.78. The van der Waals surface area contributed by atoms with Crippen LogP contribution in [0.3, 0.4) is 0 Å². The molecule has 4 aromatic carbocycles. The molecule has 0 heterocycles. The summed E-state index contributed by atoms with van der Waals surface area (Å²) in [6.45, 7) is 0. The second kappa shape index (κ2) is 11.8. The maximum absolute atomic E-state index is 11.9. The largest absolute Gasteiger partial charge is 0.493 e. The van der Waals surface area contributed by atoms with Crippen LogP contribution in [0.15, 0.2) is 94.9 Å². The summed E-state index contributed by atoms with van der Waals surface area (Å²) in [5, 5.41) is 58.9. The van der Waals surface area contributed by atoms with Gasteiger partial charge >= 0.3 is 23.9 Å². The highest BCUT2D eigenvalue weighted by Crippen LogP contribution is 2.28. The molecule has 0 radical (unpaired) electrons. The summed E-state index contributed by atoms with van der Waals surface area (Å²) in [7, 11) is 0. The van der Waals surface area contributed by atoms with E-state index in [9.17, 15) is 39.6 Å². The maximum atomic E-state index is 11.9. The zero-order valence-corrected chi connectivity index (χ0v) is 21.3. The molecule has 0 unspecified atom stereocenters. The van der Waals surface area contributed by atoms with Gasteiger partial charge in [-0.3, -0.25) is 0 Å². The van der Waals surface area contributed by atoms with Gasteiger partial charge in [0.1, 0.15) is 0 Å². The second-order valence-electron chi connectivity index (χ2n) is 8.71. The van der Waals surface area contributed by atoms with E-state index in [2.05, 4.69) is 9.98 Å². The Kier molecular flexibility index (Phi) is 8.09. The Morgan fingerprint density at radius 3 is 1.02 bits per heavy atom. The van der Waals surface area contributed by atoms with Gasteiger partial charge < -0.3 is 30.6 Å². The van der Waals surface area contributed by atoms with Crippen molar-refractivity contribution < 1.29 is 49.8 Å². The summed E-state index contributed by atoms with van der Waals surface area (Å²) in [5.41, 5.74) is 0.0135. The third-order valence-electron chi connectivity index (χ3n) is 6.01. The number of carboxylic acid groups (broad SMARTS) is 4. The molecule has 210 valence electrons. The lowest BCUT2D eigenvalue weighted by atomic mass is 9.95. The van der Waals surface area contributed by atoms with Crippen LogP contribution in [0.2, 0.25) is 0 Å². The van der Waals surface area contributed by atoms with Crippen molar-refractivity contribution in [3.63, 3.8) is 0 Å². The normalized spacial score (nSPS) is 11.6. The minimum absolute atomic E-state index is 0.00802. The van der Waals surface area contributed by atoms with Gasteiger partial charge in [-0.15, -0.1) is 0 Å². The van der Waals surface area contributed by atoms with E-state index in [0.29, 0.717) is 11.1 Å². The van der Waals surface area contributed by atoms with E-state index >= 15 is 0 Å². The number of benzene rings is 4. The Bertz CT molecular complexity index is 1660. The van der Waals surface area contributed by atoms with Gasteiger partial charge in [0.2, 0.25) is 11.8 Å². The first-order valence-electron chi connectivity index (χ1n) is 11.9. The minimum atomic E-state index is -1.36. The fourth-order valence-electron chi connectivity index (χ4n) is 3.91. The Hall–Kier alpha value is -6.30. The Morgan fingerprint density at radius 2 is 0.738 bits per heavy atom. The first-order valence-corrected chi connectivity index (χ1v) is 11.9. The molecule has 0 aliphatic heterocycles. The van der Waals surface area contributed by atoms with Crippen LogP contribution in [-0.4, -0.2) is 66.3 Å². The van der Waals surface area contributed by atoms with Gasteiger partial charge in [-0.1, -0.05) is 12.1 Å². The number of carboxylic acids is 4. The molecule has 6 N–H and O–H groups in total. The van der Waals surface area contributed by atoms with Crippen molar-refractivity contribution in [2.75, 3.05) is 0 Å². The SMILES string of the molecule is O=C(O)c1ccc(N=C(O)c2cc(-c3ccc(C(=O)O)c(C(O)=Nc4ccc(C(=O)O)cc4)c3)ccc2C(=O)O)cc1. The van der Waals surface area contributed by atoms with Crippen molar-refractivity contribution in [2.24, 2.45) is 9.98 Å². The highest BCUT2D eigenvalue weighted by molar-refractivity contribution is 6.07. The van der Waals surface area contributed by atoms with Crippen molar-refractivity contribution in [3.8, 4) is 11.1 Å². The van der Waals surface area contributed by atoms with Crippen LogP contribution in [0.1, 0.15) is 52.6 Å². The van der Waals surface area contributed by atoms with Gasteiger partial charge in [0.05, 0.1) is 44.8 Å². The molecule has 0 aliphatic carbocycles. The van der Waals surface area contributed by atoms with Gasteiger partial charge in [0.25, 0.3) is 0 Å². The number of aliphatic hydroxyl groups excluding tert-OH is 2. The smallest absolute Gasteiger partial charge is 0.336 e. The fraction of sp³-hybridized carbons (Fsp3) is 0. The number of aliphatic imine (C=N–C) groups is 2. The lowest BCUT2D eigenvalue weighted by molar-refractivity contribution is 0.0685. The van der Waals surface area contributed by atoms with Crippen molar-refractivity contribution in [2.45, 2.75) is 0 Å². The van der Waals surface area contributed by atoms with E-state index in [-0.39, 0.29) is 44.8 Å². The van der Waals surface area contributed by atoms with Crippen LogP contribution in [0, 0.1) is 0 Å². The summed E-state index contributed by atoms with van der Waals surface area (Å²) >= 11 is 0. The third-order valence-corrected chi connectivity index (χ3v) is 6.01. The molecule has 0 saturated heterocycles. The molecule has 0 aliphatic rings. The number of carbonyl (C=O) groups is 4. The molecule has 0 saturated carbocycles. The molecule has 0 spiro atoms. The maximum Gasteiger partial charge on any atom is 0.336 e. The lowest BCUT2D eigenvalue weighted by Crippen LogP contribution is -2.10. The average Bonchev–Trinajstić information content (AvgIpc) is 2.96. The van der Waals surface area contributed by atoms with E-state index in [1.54, 1.807) is 0 Å². The molecule has 12 heteroatoms. The molecule has 42 heavy (non-hydrogen) atoms. The van der Waals surface area contributed by atoms with Gasteiger partial charge in [-0.05, 0) is 83.9 Å². The quantitative estimate of drug-likeness (QED) is 0.111. The highest BCUT2D eigenvalue weighted by atomic mass is 16.4. The Labute approximate surface area is 236 Å². The monoisotopic (exact) mass is 568 g/mol. The predicted molar refractivity (Wildman–Crippen MR) is 150 cm³/mol. The molecule has 4 rings (SSSR count). The van der Waals surface area contributed by atoms with E-state index in [4.69, 9.17) is 10.2 Å². The van der Waals surface area contributed by atoms with Gasteiger partial charge in [-0.2, -0.15) is 0 Å². The van der Waals surface area contributed by atoms with Crippen LogP contribution < -0.4 is 0 Å². The number of hydrogen-bond acceptors (Lipinski definition) is 6. The fourth-order valence-corrected chi connectivity index (χ4v) is 3.91. The van der Waals surface area contributed by atoms with E-state index in [1.165, 1.54) is 84.9 Å². The molecule has 0 fully saturated rings. The molecule has 12 nitrogen and oxygen atoms in total. The number of hydrogen-bond donors (Lipinski definition) is 6. The summed E-state index contributed by atoms with van der Waals surface area (Å²) < 4.78 is 0. The van der Waals surface area contributed by atoms with Gasteiger partial charge in [0, 0.05) is 0 Å². The molecule has 0 bridgehead atoms. The molecule has 0 amide bonds. The van der Waals surface area contributed by atoms with Crippen LogP contribution in [-0.2, 0) is 0 Å². The lowest BCUT2D eigenvalue weighted by Gasteiger charge is -2.11. The Morgan fingerprint density at radius 1 is 0.405 bits per heavy atom. The topological polar surface area (TPSA) is 214 Å². The molecule has 4 aromatic rings. The summed E-state index contributed by atoms with van der Waals surface area (Å²) in [6, 6.07) is 18.3. The van der Waals surface area contributed by atoms with Crippen molar-refractivity contribution in [3.05, 3.63) is 118 Å². The van der Waals surface area contributed by atoms with Crippen molar-refractivity contribution in [1.29, 1.82) is 0 Å². The van der Waals surface area contributed by atoms with Crippen molar-refractivity contribution >= 4 is 47.0 Å². The van der Waals surface area contributed by atoms with Gasteiger partial charge in [-0.25, -0.2) is 29.2 Å².